The maximum absolute atomic E-state index is 12.3. The molecule has 0 bridgehead atoms. The Labute approximate surface area is 121 Å². The summed E-state index contributed by atoms with van der Waals surface area (Å²) in [5.41, 5.74) is 7.98. The quantitative estimate of drug-likeness (QED) is 0.852. The molecule has 3 rings (SSSR count). The number of aryl methyl sites for hydroxylation is 3. The van der Waals surface area contributed by atoms with Gasteiger partial charge in [-0.2, -0.15) is 0 Å². The zero-order valence-electron chi connectivity index (χ0n) is 11.0. The minimum atomic E-state index is -3.63. The van der Waals surface area contributed by atoms with Crippen LogP contribution in [0.2, 0.25) is 0 Å². The largest absolute Gasteiger partial charge is 0.399 e. The monoisotopic (exact) mass is 309 g/mol. The van der Waals surface area contributed by atoms with Gasteiger partial charge in [0, 0.05) is 10.6 Å². The van der Waals surface area contributed by atoms with Gasteiger partial charge >= 0.3 is 0 Å². The van der Waals surface area contributed by atoms with E-state index in [-0.39, 0.29) is 4.90 Å². The molecular weight excluding hydrogens is 294 g/mol. The topological polar surface area (TPSA) is 85.1 Å². The second-order valence-electron chi connectivity index (χ2n) is 4.93. The lowest BCUT2D eigenvalue weighted by molar-refractivity contribution is 0.601. The third-order valence-electron chi connectivity index (χ3n) is 3.20. The molecule has 1 aliphatic carbocycles. The van der Waals surface area contributed by atoms with E-state index in [0.717, 1.165) is 30.5 Å². The van der Waals surface area contributed by atoms with Crippen LogP contribution in [0.4, 0.5) is 10.8 Å². The number of rotatable bonds is 3. The first-order valence-electron chi connectivity index (χ1n) is 6.32. The van der Waals surface area contributed by atoms with Gasteiger partial charge in [-0.15, -0.1) is 11.3 Å². The summed E-state index contributed by atoms with van der Waals surface area (Å²) in [7, 11) is -3.63. The van der Waals surface area contributed by atoms with Crippen LogP contribution in [-0.4, -0.2) is 13.4 Å². The highest BCUT2D eigenvalue weighted by Gasteiger charge is 2.21. The molecule has 5 nitrogen and oxygen atoms in total. The predicted molar refractivity (Wildman–Crippen MR) is 80.5 cm³/mol. The van der Waals surface area contributed by atoms with Crippen molar-refractivity contribution < 1.29 is 8.42 Å². The Kier molecular flexibility index (Phi) is 3.18. The van der Waals surface area contributed by atoms with Crippen molar-refractivity contribution in [2.24, 2.45) is 0 Å². The fourth-order valence-electron chi connectivity index (χ4n) is 2.34. The number of nitrogens with zero attached hydrogens (tertiary/aromatic N) is 1. The lowest BCUT2D eigenvalue weighted by atomic mass is 10.2. The van der Waals surface area contributed by atoms with E-state index < -0.39 is 10.0 Å². The molecule has 0 radical (unpaired) electrons. The van der Waals surface area contributed by atoms with Crippen molar-refractivity contribution in [3.8, 4) is 0 Å². The molecule has 0 saturated heterocycles. The molecule has 0 atom stereocenters. The predicted octanol–water partition coefficient (Wildman–Crippen LogP) is 2.32. The lowest BCUT2D eigenvalue weighted by Gasteiger charge is -2.07. The Morgan fingerprint density at radius 2 is 2.10 bits per heavy atom. The average molecular weight is 309 g/mol. The second-order valence-corrected chi connectivity index (χ2v) is 7.69. The van der Waals surface area contributed by atoms with Crippen LogP contribution in [0.15, 0.2) is 23.1 Å². The van der Waals surface area contributed by atoms with Crippen molar-refractivity contribution >= 4 is 32.2 Å². The van der Waals surface area contributed by atoms with Gasteiger partial charge in [-0.1, -0.05) is 0 Å². The highest BCUT2D eigenvalue weighted by Crippen LogP contribution is 2.31. The molecular formula is C13H15N3O2S2. The summed E-state index contributed by atoms with van der Waals surface area (Å²) in [4.78, 5) is 5.70. The molecule has 0 fully saturated rings. The Bertz CT molecular complexity index is 724. The van der Waals surface area contributed by atoms with Crippen LogP contribution < -0.4 is 10.5 Å². The van der Waals surface area contributed by atoms with Gasteiger partial charge in [0.2, 0.25) is 0 Å². The smallest absolute Gasteiger partial charge is 0.263 e. The molecule has 1 aliphatic rings. The summed E-state index contributed by atoms with van der Waals surface area (Å²) in [6.07, 6.45) is 3.03. The van der Waals surface area contributed by atoms with E-state index >= 15 is 0 Å². The first kappa shape index (κ1) is 13.4. The van der Waals surface area contributed by atoms with Crippen molar-refractivity contribution in [2.75, 3.05) is 10.5 Å². The molecule has 0 unspecified atom stereocenters. The molecule has 1 heterocycles. The summed E-state index contributed by atoms with van der Waals surface area (Å²) in [5.74, 6) is 0. The summed E-state index contributed by atoms with van der Waals surface area (Å²) in [5, 5.41) is 0.440. The number of anilines is 2. The third kappa shape index (κ3) is 2.51. The Balaban J connectivity index is 1.91. The summed E-state index contributed by atoms with van der Waals surface area (Å²) in [6, 6.07) is 4.79. The molecule has 2 aromatic rings. The maximum Gasteiger partial charge on any atom is 0.263 e. The summed E-state index contributed by atoms with van der Waals surface area (Å²) < 4.78 is 27.2. The number of thiazole rings is 1. The van der Waals surface area contributed by atoms with Crippen molar-refractivity contribution in [2.45, 2.75) is 31.1 Å². The van der Waals surface area contributed by atoms with Crippen molar-refractivity contribution in [3.05, 3.63) is 34.3 Å². The fourth-order valence-corrected chi connectivity index (χ4v) is 4.76. The number of nitrogens with two attached hydrogens (primary N) is 1. The number of hydrogen-bond acceptors (Lipinski definition) is 5. The maximum atomic E-state index is 12.3. The summed E-state index contributed by atoms with van der Waals surface area (Å²) >= 11 is 1.42. The molecule has 106 valence electrons. The van der Waals surface area contributed by atoms with Gasteiger partial charge in [0.15, 0.2) is 5.13 Å². The van der Waals surface area contributed by atoms with Gasteiger partial charge in [-0.25, -0.2) is 13.4 Å². The van der Waals surface area contributed by atoms with Crippen LogP contribution >= 0.6 is 11.3 Å². The second kappa shape index (κ2) is 4.75. The minimum absolute atomic E-state index is 0.172. The Hall–Kier alpha value is -1.60. The molecule has 3 N–H and O–H groups in total. The van der Waals surface area contributed by atoms with Gasteiger partial charge in [0.1, 0.15) is 0 Å². The van der Waals surface area contributed by atoms with Crippen LogP contribution in [0.3, 0.4) is 0 Å². The SMILES string of the molecule is Cc1cc(N)cc(S(=O)(=O)Nc2nc3c(s2)CCC3)c1. The minimum Gasteiger partial charge on any atom is -0.399 e. The summed E-state index contributed by atoms with van der Waals surface area (Å²) in [6.45, 7) is 1.81. The van der Waals surface area contributed by atoms with E-state index in [0.29, 0.717) is 10.8 Å². The molecule has 20 heavy (non-hydrogen) atoms. The van der Waals surface area contributed by atoms with Gasteiger partial charge < -0.3 is 5.73 Å². The number of sulfonamides is 1. The number of aromatic nitrogens is 1. The molecule has 0 aliphatic heterocycles. The first-order chi connectivity index (χ1) is 9.44. The van der Waals surface area contributed by atoms with Crippen molar-refractivity contribution in [1.82, 2.24) is 4.98 Å². The molecule has 1 aromatic carbocycles. The van der Waals surface area contributed by atoms with Gasteiger partial charge in [0.05, 0.1) is 10.6 Å². The fraction of sp³-hybridized carbons (Fsp3) is 0.308. The normalized spacial score (nSPS) is 14.2. The van der Waals surface area contributed by atoms with Gasteiger partial charge in [0.25, 0.3) is 10.0 Å². The highest BCUT2D eigenvalue weighted by atomic mass is 32.2. The highest BCUT2D eigenvalue weighted by molar-refractivity contribution is 7.93. The van der Waals surface area contributed by atoms with E-state index in [1.54, 1.807) is 12.1 Å². The van der Waals surface area contributed by atoms with Crippen LogP contribution in [0.25, 0.3) is 0 Å². The number of fused-ring (bicyclic) bond motifs is 1. The molecule has 0 amide bonds. The third-order valence-corrected chi connectivity index (χ3v) is 5.72. The first-order valence-corrected chi connectivity index (χ1v) is 8.62. The number of benzene rings is 1. The van der Waals surface area contributed by atoms with Crippen LogP contribution in [0.5, 0.6) is 0 Å². The van der Waals surface area contributed by atoms with E-state index in [2.05, 4.69) is 9.71 Å². The van der Waals surface area contributed by atoms with E-state index in [1.807, 2.05) is 6.92 Å². The molecule has 1 aromatic heterocycles. The van der Waals surface area contributed by atoms with E-state index in [1.165, 1.54) is 22.3 Å². The zero-order chi connectivity index (χ0) is 14.3. The number of nitrogens with one attached hydrogen (secondary N) is 1. The average Bonchev–Trinajstić information content (AvgIpc) is 2.87. The van der Waals surface area contributed by atoms with Crippen LogP contribution in [0.1, 0.15) is 22.6 Å². The Morgan fingerprint density at radius 3 is 2.80 bits per heavy atom. The number of hydrogen-bond donors (Lipinski definition) is 2. The molecule has 0 saturated carbocycles. The van der Waals surface area contributed by atoms with E-state index in [4.69, 9.17) is 5.73 Å². The number of nitrogen functional groups attached to an aromatic ring is 1. The molecule has 0 spiro atoms. The zero-order valence-corrected chi connectivity index (χ0v) is 12.6. The van der Waals surface area contributed by atoms with E-state index in [9.17, 15) is 8.42 Å². The lowest BCUT2D eigenvalue weighted by Crippen LogP contribution is -2.13. The van der Waals surface area contributed by atoms with Crippen molar-refractivity contribution in [1.29, 1.82) is 0 Å². The van der Waals surface area contributed by atoms with Crippen LogP contribution in [-0.2, 0) is 22.9 Å². The van der Waals surface area contributed by atoms with Crippen molar-refractivity contribution in [3.63, 3.8) is 0 Å². The van der Waals surface area contributed by atoms with Gasteiger partial charge in [-0.3, -0.25) is 4.72 Å². The molecule has 7 heteroatoms. The standard InChI is InChI=1S/C13H15N3O2S2/c1-8-5-9(14)7-10(6-8)20(17,18)16-13-15-11-3-2-4-12(11)19-13/h5-7H,2-4,14H2,1H3,(H,15,16). The Morgan fingerprint density at radius 1 is 1.30 bits per heavy atom. The van der Waals surface area contributed by atoms with Gasteiger partial charge in [-0.05, 0) is 49.9 Å². The van der Waals surface area contributed by atoms with Crippen LogP contribution in [0, 0.1) is 6.92 Å².